The van der Waals surface area contributed by atoms with E-state index in [-0.39, 0.29) is 0 Å². The minimum absolute atomic E-state index is 0.703. The number of hydrogen-bond donors (Lipinski definition) is 1. The summed E-state index contributed by atoms with van der Waals surface area (Å²) in [5, 5.41) is 3.67. The number of rotatable bonds is 16. The van der Waals surface area contributed by atoms with Crippen LogP contribution in [0.4, 0.5) is 0 Å². The topological polar surface area (TPSA) is 18.5 Å². The Morgan fingerprint density at radius 1 is 0.560 bits per heavy atom. The van der Waals surface area contributed by atoms with Crippen LogP contribution in [0.1, 0.15) is 93.9 Å². The molecule has 0 aliphatic heterocycles. The molecule has 25 heavy (non-hydrogen) atoms. The molecule has 0 heterocycles. The van der Waals surface area contributed by atoms with Crippen molar-refractivity contribution < 1.29 is 0 Å². The molecule has 0 aromatic rings. The van der Waals surface area contributed by atoms with Gasteiger partial charge in [0, 0.05) is 24.2 Å². The smallest absolute Gasteiger partial charge is 0.00671 e. The Morgan fingerprint density at radius 3 is 1.08 bits per heavy atom. The van der Waals surface area contributed by atoms with Gasteiger partial charge in [-0.3, -0.25) is 9.80 Å². The van der Waals surface area contributed by atoms with Gasteiger partial charge in [-0.15, -0.1) is 0 Å². The summed E-state index contributed by atoms with van der Waals surface area (Å²) in [6, 6.07) is 2.81. The van der Waals surface area contributed by atoms with Crippen molar-refractivity contribution in [1.82, 2.24) is 15.1 Å². The Hall–Kier alpha value is -0.120. The molecule has 0 radical (unpaired) electrons. The van der Waals surface area contributed by atoms with E-state index in [2.05, 4.69) is 70.5 Å². The van der Waals surface area contributed by atoms with E-state index in [1.165, 1.54) is 51.6 Å². The molecule has 3 nitrogen and oxygen atoms in total. The molecule has 0 spiro atoms. The summed E-state index contributed by atoms with van der Waals surface area (Å²) in [6.07, 6.45) is 7.51. The zero-order chi connectivity index (χ0) is 19.2. The summed E-state index contributed by atoms with van der Waals surface area (Å²) in [5.74, 6) is 0. The molecule has 0 saturated heterocycles. The Labute approximate surface area is 159 Å². The molecule has 0 aliphatic carbocycles. The van der Waals surface area contributed by atoms with Gasteiger partial charge in [-0.1, -0.05) is 27.7 Å². The Morgan fingerprint density at radius 2 is 0.840 bits per heavy atom. The standard InChI is InChI=1S/C22H49N3/c1-9-19(5)24(20(6)10-2)17-13-15-23-16-14-18-25(21(7)11-3)22(8)12-4/h19-23H,9-18H2,1-8H3. The molecule has 0 rings (SSSR count). The van der Waals surface area contributed by atoms with Gasteiger partial charge in [-0.2, -0.15) is 0 Å². The molecule has 4 atom stereocenters. The first kappa shape index (κ1) is 24.9. The highest BCUT2D eigenvalue weighted by molar-refractivity contribution is 4.74. The van der Waals surface area contributed by atoms with Crippen molar-refractivity contribution in [2.75, 3.05) is 26.2 Å². The molecule has 0 fully saturated rings. The van der Waals surface area contributed by atoms with E-state index < -0.39 is 0 Å². The summed E-state index contributed by atoms with van der Waals surface area (Å²) in [4.78, 5) is 5.38. The summed E-state index contributed by atoms with van der Waals surface area (Å²) in [7, 11) is 0. The Balaban J connectivity index is 4.00. The summed E-state index contributed by atoms with van der Waals surface area (Å²) in [5.41, 5.74) is 0. The Bertz CT molecular complexity index is 247. The molecular formula is C22H49N3. The third-order valence-electron chi connectivity index (χ3n) is 6.17. The van der Waals surface area contributed by atoms with E-state index in [0.29, 0.717) is 24.2 Å². The van der Waals surface area contributed by atoms with Crippen LogP contribution in [0.15, 0.2) is 0 Å². The largest absolute Gasteiger partial charge is 0.317 e. The third kappa shape index (κ3) is 9.96. The first-order valence-electron chi connectivity index (χ1n) is 11.1. The maximum Gasteiger partial charge on any atom is 0.00671 e. The van der Waals surface area contributed by atoms with Crippen molar-refractivity contribution in [3.05, 3.63) is 0 Å². The monoisotopic (exact) mass is 355 g/mol. The predicted molar refractivity (Wildman–Crippen MR) is 115 cm³/mol. The van der Waals surface area contributed by atoms with Crippen LogP contribution in [0, 0.1) is 0 Å². The second-order valence-corrected chi connectivity index (χ2v) is 7.96. The molecule has 3 heteroatoms. The third-order valence-corrected chi connectivity index (χ3v) is 6.17. The highest BCUT2D eigenvalue weighted by atomic mass is 15.2. The van der Waals surface area contributed by atoms with Crippen molar-refractivity contribution in [2.24, 2.45) is 0 Å². The fourth-order valence-electron chi connectivity index (χ4n) is 3.59. The molecular weight excluding hydrogens is 306 g/mol. The highest BCUT2D eigenvalue weighted by Gasteiger charge is 2.18. The molecule has 4 unspecified atom stereocenters. The van der Waals surface area contributed by atoms with Gasteiger partial charge in [0.25, 0.3) is 0 Å². The highest BCUT2D eigenvalue weighted by Crippen LogP contribution is 2.13. The van der Waals surface area contributed by atoms with Crippen LogP contribution in [0.5, 0.6) is 0 Å². The van der Waals surface area contributed by atoms with E-state index in [9.17, 15) is 0 Å². The second kappa shape index (κ2) is 15.0. The fraction of sp³-hybridized carbons (Fsp3) is 1.00. The van der Waals surface area contributed by atoms with Gasteiger partial charge in [0.15, 0.2) is 0 Å². The molecule has 0 amide bonds. The van der Waals surface area contributed by atoms with Crippen LogP contribution < -0.4 is 5.32 Å². The first-order chi connectivity index (χ1) is 11.9. The van der Waals surface area contributed by atoms with E-state index in [4.69, 9.17) is 0 Å². The second-order valence-electron chi connectivity index (χ2n) is 7.96. The van der Waals surface area contributed by atoms with Crippen LogP contribution in [-0.4, -0.2) is 60.1 Å². The van der Waals surface area contributed by atoms with E-state index in [1.54, 1.807) is 0 Å². The van der Waals surface area contributed by atoms with Crippen LogP contribution in [0.2, 0.25) is 0 Å². The van der Waals surface area contributed by atoms with Gasteiger partial charge in [-0.25, -0.2) is 0 Å². The summed E-state index contributed by atoms with van der Waals surface area (Å²) < 4.78 is 0. The quantitative estimate of drug-likeness (QED) is 0.386. The molecule has 0 aliphatic rings. The minimum atomic E-state index is 0.703. The molecule has 0 saturated carbocycles. The van der Waals surface area contributed by atoms with Crippen LogP contribution in [0.3, 0.4) is 0 Å². The number of nitrogens with zero attached hydrogens (tertiary/aromatic N) is 2. The Kier molecular flexibility index (Phi) is 14.9. The van der Waals surface area contributed by atoms with Gasteiger partial charge in [0.2, 0.25) is 0 Å². The number of hydrogen-bond acceptors (Lipinski definition) is 3. The van der Waals surface area contributed by atoms with Crippen molar-refractivity contribution >= 4 is 0 Å². The van der Waals surface area contributed by atoms with Gasteiger partial charge in [-0.05, 0) is 92.4 Å². The van der Waals surface area contributed by atoms with Gasteiger partial charge in [0.1, 0.15) is 0 Å². The lowest BCUT2D eigenvalue weighted by Gasteiger charge is -2.34. The van der Waals surface area contributed by atoms with Gasteiger partial charge in [0.05, 0.1) is 0 Å². The van der Waals surface area contributed by atoms with Gasteiger partial charge >= 0.3 is 0 Å². The van der Waals surface area contributed by atoms with Crippen molar-refractivity contribution in [3.63, 3.8) is 0 Å². The predicted octanol–water partition coefficient (Wildman–Crippen LogP) is 5.15. The first-order valence-corrected chi connectivity index (χ1v) is 11.1. The maximum absolute atomic E-state index is 3.67. The van der Waals surface area contributed by atoms with Crippen LogP contribution >= 0.6 is 0 Å². The lowest BCUT2D eigenvalue weighted by Crippen LogP contribution is -2.42. The zero-order valence-electron chi connectivity index (χ0n) is 18.8. The average molecular weight is 356 g/mol. The van der Waals surface area contributed by atoms with E-state index >= 15 is 0 Å². The van der Waals surface area contributed by atoms with Crippen LogP contribution in [-0.2, 0) is 0 Å². The van der Waals surface area contributed by atoms with Crippen molar-refractivity contribution in [2.45, 2.75) is 118 Å². The summed E-state index contributed by atoms with van der Waals surface area (Å²) >= 11 is 0. The maximum atomic E-state index is 3.67. The van der Waals surface area contributed by atoms with E-state index in [1.807, 2.05) is 0 Å². The van der Waals surface area contributed by atoms with Crippen molar-refractivity contribution in [1.29, 1.82) is 0 Å². The normalized spacial score (nSPS) is 17.0. The lowest BCUT2D eigenvalue weighted by molar-refractivity contribution is 0.141. The zero-order valence-corrected chi connectivity index (χ0v) is 18.8. The summed E-state index contributed by atoms with van der Waals surface area (Å²) in [6.45, 7) is 23.5. The fourth-order valence-corrected chi connectivity index (χ4v) is 3.59. The van der Waals surface area contributed by atoms with E-state index in [0.717, 1.165) is 13.1 Å². The SMILES string of the molecule is CCC(C)N(CCCNCCCN(C(C)CC)C(C)CC)C(C)CC. The molecule has 0 aromatic carbocycles. The van der Waals surface area contributed by atoms with Gasteiger partial charge < -0.3 is 5.32 Å². The molecule has 0 bridgehead atoms. The number of nitrogens with one attached hydrogen (secondary N) is 1. The molecule has 0 aromatic heterocycles. The minimum Gasteiger partial charge on any atom is -0.317 e. The molecule has 152 valence electrons. The lowest BCUT2D eigenvalue weighted by atomic mass is 10.1. The van der Waals surface area contributed by atoms with Crippen LogP contribution in [0.25, 0.3) is 0 Å². The van der Waals surface area contributed by atoms with Crippen molar-refractivity contribution in [3.8, 4) is 0 Å². The average Bonchev–Trinajstić information content (AvgIpc) is 2.64. The molecule has 1 N–H and O–H groups in total.